The van der Waals surface area contributed by atoms with Crippen LogP contribution in [0, 0.1) is 5.82 Å². The Morgan fingerprint density at radius 1 is 1.44 bits per heavy atom. The Hall–Kier alpha value is -2.51. The van der Waals surface area contributed by atoms with E-state index in [0.717, 1.165) is 0 Å². The van der Waals surface area contributed by atoms with Gasteiger partial charge in [-0.15, -0.1) is 5.10 Å². The van der Waals surface area contributed by atoms with Crippen molar-refractivity contribution in [2.24, 2.45) is 7.05 Å². The third kappa shape index (κ3) is 2.26. The van der Waals surface area contributed by atoms with Gasteiger partial charge in [-0.05, 0) is 17.3 Å². The van der Waals surface area contributed by atoms with Gasteiger partial charge in [0.15, 0.2) is 0 Å². The van der Waals surface area contributed by atoms with E-state index in [1.165, 1.54) is 30.0 Å². The highest BCUT2D eigenvalue weighted by Gasteiger charge is 2.15. The molecule has 0 aliphatic rings. The zero-order valence-corrected chi connectivity index (χ0v) is 9.81. The molecule has 2 N–H and O–H groups in total. The Morgan fingerprint density at radius 3 is 2.83 bits per heavy atom. The van der Waals surface area contributed by atoms with Crippen molar-refractivity contribution in [2.75, 3.05) is 17.7 Å². The molecule has 0 spiro atoms. The van der Waals surface area contributed by atoms with Crippen LogP contribution in [0.4, 0.5) is 16.0 Å². The minimum absolute atomic E-state index is 0.0637. The maximum absolute atomic E-state index is 13.5. The number of tetrazole rings is 1. The Bertz CT molecular complexity index is 581. The number of benzene rings is 1. The summed E-state index contributed by atoms with van der Waals surface area (Å²) in [5.41, 5.74) is 0.295. The molecule has 0 aliphatic carbocycles. The molecule has 0 atom stereocenters. The third-order valence-electron chi connectivity index (χ3n) is 2.24. The van der Waals surface area contributed by atoms with Crippen molar-refractivity contribution in [1.29, 1.82) is 0 Å². The summed E-state index contributed by atoms with van der Waals surface area (Å²) in [7, 11) is 3.11. The van der Waals surface area contributed by atoms with Crippen LogP contribution in [0.15, 0.2) is 18.2 Å². The van der Waals surface area contributed by atoms with E-state index < -0.39 is 11.7 Å². The lowest BCUT2D eigenvalue weighted by Crippen LogP contribution is -2.15. The SMILES string of the molecule is CNc1c(F)cccc1C(=O)Nc1nnn(C)n1. The van der Waals surface area contributed by atoms with Crippen LogP contribution in [0.25, 0.3) is 0 Å². The second-order valence-electron chi connectivity index (χ2n) is 3.47. The Labute approximate surface area is 102 Å². The van der Waals surface area contributed by atoms with Crippen LogP contribution in [-0.4, -0.2) is 33.2 Å². The van der Waals surface area contributed by atoms with Crippen LogP contribution >= 0.6 is 0 Å². The Morgan fingerprint density at radius 2 is 2.22 bits per heavy atom. The lowest BCUT2D eigenvalue weighted by atomic mass is 10.1. The molecule has 0 saturated carbocycles. The van der Waals surface area contributed by atoms with Gasteiger partial charge in [0, 0.05) is 7.05 Å². The molecule has 2 rings (SSSR count). The fraction of sp³-hybridized carbons (Fsp3) is 0.200. The molecule has 1 amide bonds. The second-order valence-corrected chi connectivity index (χ2v) is 3.47. The van der Waals surface area contributed by atoms with Crippen LogP contribution in [0.3, 0.4) is 0 Å². The second kappa shape index (κ2) is 4.78. The quantitative estimate of drug-likeness (QED) is 0.835. The summed E-state index contributed by atoms with van der Waals surface area (Å²) in [6, 6.07) is 4.22. The van der Waals surface area contributed by atoms with E-state index in [-0.39, 0.29) is 17.2 Å². The van der Waals surface area contributed by atoms with Gasteiger partial charge in [-0.25, -0.2) is 4.39 Å². The first-order valence-electron chi connectivity index (χ1n) is 5.13. The molecule has 1 aromatic carbocycles. The number of amides is 1. The summed E-state index contributed by atoms with van der Waals surface area (Å²) < 4.78 is 13.5. The fourth-order valence-electron chi connectivity index (χ4n) is 1.47. The van der Waals surface area contributed by atoms with Crippen molar-refractivity contribution < 1.29 is 9.18 Å². The van der Waals surface area contributed by atoms with Crippen molar-refractivity contribution in [2.45, 2.75) is 0 Å². The molecule has 2 aromatic rings. The Kier molecular flexibility index (Phi) is 3.18. The van der Waals surface area contributed by atoms with Gasteiger partial charge in [0.2, 0.25) is 0 Å². The lowest BCUT2D eigenvalue weighted by molar-refractivity contribution is 0.102. The normalized spacial score (nSPS) is 10.2. The maximum Gasteiger partial charge on any atom is 0.270 e. The van der Waals surface area contributed by atoms with E-state index in [1.807, 2.05) is 0 Å². The number of para-hydroxylation sites is 1. The first kappa shape index (κ1) is 12.0. The van der Waals surface area contributed by atoms with Crippen LogP contribution < -0.4 is 10.6 Å². The van der Waals surface area contributed by atoms with Crippen LogP contribution in [-0.2, 0) is 7.05 Å². The maximum atomic E-state index is 13.5. The molecule has 18 heavy (non-hydrogen) atoms. The van der Waals surface area contributed by atoms with E-state index in [9.17, 15) is 9.18 Å². The molecule has 0 radical (unpaired) electrons. The molecular weight excluding hydrogens is 239 g/mol. The monoisotopic (exact) mass is 250 g/mol. The van der Waals surface area contributed by atoms with Gasteiger partial charge in [-0.2, -0.15) is 4.80 Å². The van der Waals surface area contributed by atoms with Gasteiger partial charge in [0.1, 0.15) is 5.82 Å². The Balaban J connectivity index is 2.26. The van der Waals surface area contributed by atoms with Gasteiger partial charge in [-0.1, -0.05) is 11.2 Å². The number of nitrogens with one attached hydrogen (secondary N) is 2. The van der Waals surface area contributed by atoms with Crippen LogP contribution in [0.1, 0.15) is 10.4 Å². The van der Waals surface area contributed by atoms with E-state index in [4.69, 9.17) is 0 Å². The largest absolute Gasteiger partial charge is 0.385 e. The summed E-state index contributed by atoms with van der Waals surface area (Å²) in [5, 5.41) is 16.1. The fourth-order valence-corrected chi connectivity index (χ4v) is 1.47. The molecule has 8 heteroatoms. The molecule has 0 unspecified atom stereocenters. The number of nitrogens with zero attached hydrogens (tertiary/aromatic N) is 4. The number of halogens is 1. The summed E-state index contributed by atoms with van der Waals surface area (Å²) in [5.74, 6) is -0.946. The van der Waals surface area contributed by atoms with Crippen molar-refractivity contribution in [1.82, 2.24) is 20.2 Å². The number of hydrogen-bond acceptors (Lipinski definition) is 5. The molecular formula is C10H11FN6O. The van der Waals surface area contributed by atoms with Gasteiger partial charge in [0.05, 0.1) is 18.3 Å². The van der Waals surface area contributed by atoms with Crippen molar-refractivity contribution in [3.05, 3.63) is 29.6 Å². The number of aryl methyl sites for hydroxylation is 1. The highest BCUT2D eigenvalue weighted by Crippen LogP contribution is 2.19. The summed E-state index contributed by atoms with van der Waals surface area (Å²) in [4.78, 5) is 13.1. The molecule has 94 valence electrons. The number of rotatable bonds is 3. The summed E-state index contributed by atoms with van der Waals surface area (Å²) >= 11 is 0. The summed E-state index contributed by atoms with van der Waals surface area (Å²) in [6.45, 7) is 0. The molecule has 1 heterocycles. The van der Waals surface area contributed by atoms with E-state index >= 15 is 0 Å². The van der Waals surface area contributed by atoms with Gasteiger partial charge < -0.3 is 5.32 Å². The highest BCUT2D eigenvalue weighted by molar-refractivity contribution is 6.07. The standard InChI is InChI=1S/C10H11FN6O/c1-12-8-6(4-3-5-7(8)11)9(18)13-10-14-16-17(2)15-10/h3-5,12H,1-2H3,(H,13,15,18). The molecule has 0 aliphatic heterocycles. The van der Waals surface area contributed by atoms with Crippen molar-refractivity contribution in [3.63, 3.8) is 0 Å². The third-order valence-corrected chi connectivity index (χ3v) is 2.24. The lowest BCUT2D eigenvalue weighted by Gasteiger charge is -2.08. The van der Waals surface area contributed by atoms with Gasteiger partial charge in [-0.3, -0.25) is 10.1 Å². The molecule has 1 aromatic heterocycles. The van der Waals surface area contributed by atoms with Crippen molar-refractivity contribution in [3.8, 4) is 0 Å². The smallest absolute Gasteiger partial charge is 0.270 e. The average Bonchev–Trinajstić information content (AvgIpc) is 2.74. The van der Waals surface area contributed by atoms with E-state index in [1.54, 1.807) is 7.05 Å². The minimum atomic E-state index is -0.508. The highest BCUT2D eigenvalue weighted by atomic mass is 19.1. The zero-order valence-electron chi connectivity index (χ0n) is 9.81. The number of carbonyl (C=O) groups excluding carboxylic acids is 1. The predicted octanol–water partition coefficient (Wildman–Crippen LogP) is 0.643. The first-order valence-corrected chi connectivity index (χ1v) is 5.13. The average molecular weight is 250 g/mol. The number of aromatic nitrogens is 4. The molecule has 0 bridgehead atoms. The van der Waals surface area contributed by atoms with E-state index in [2.05, 4.69) is 26.0 Å². The zero-order chi connectivity index (χ0) is 13.1. The predicted molar refractivity (Wildman–Crippen MR) is 62.7 cm³/mol. The molecule has 0 fully saturated rings. The van der Waals surface area contributed by atoms with Crippen LogP contribution in [0.2, 0.25) is 0 Å². The summed E-state index contributed by atoms with van der Waals surface area (Å²) in [6.07, 6.45) is 0. The first-order chi connectivity index (χ1) is 8.61. The molecule has 7 nitrogen and oxygen atoms in total. The van der Waals surface area contributed by atoms with Crippen LogP contribution in [0.5, 0.6) is 0 Å². The van der Waals surface area contributed by atoms with Gasteiger partial charge >= 0.3 is 0 Å². The minimum Gasteiger partial charge on any atom is -0.385 e. The molecule has 0 saturated heterocycles. The number of anilines is 2. The number of hydrogen-bond donors (Lipinski definition) is 2. The van der Waals surface area contributed by atoms with Gasteiger partial charge in [0.25, 0.3) is 11.9 Å². The van der Waals surface area contributed by atoms with Crippen molar-refractivity contribution >= 4 is 17.5 Å². The topological polar surface area (TPSA) is 84.7 Å². The number of carbonyl (C=O) groups is 1. The van der Waals surface area contributed by atoms with E-state index in [0.29, 0.717) is 0 Å².